The highest BCUT2D eigenvalue weighted by Gasteiger charge is 2.26. The van der Waals surface area contributed by atoms with Crippen molar-refractivity contribution in [3.63, 3.8) is 0 Å². The Morgan fingerprint density at radius 3 is 2.17 bits per heavy atom. The van der Waals surface area contributed by atoms with Gasteiger partial charge in [-0.2, -0.15) is 0 Å². The lowest BCUT2D eigenvalue weighted by molar-refractivity contribution is -0.130. The maximum Gasteiger partial charge on any atom is 0.236 e. The first-order valence-electron chi connectivity index (χ1n) is 7.31. The van der Waals surface area contributed by atoms with Crippen molar-refractivity contribution >= 4 is 5.91 Å². The molecule has 2 N–H and O–H groups in total. The van der Waals surface area contributed by atoms with Crippen molar-refractivity contribution in [2.75, 3.05) is 26.2 Å². The molecule has 0 aromatic carbocycles. The number of aliphatic hydroxyl groups is 1. The van der Waals surface area contributed by atoms with Crippen LogP contribution in [-0.2, 0) is 4.79 Å². The van der Waals surface area contributed by atoms with Crippen LogP contribution in [0.1, 0.15) is 52.4 Å². The molecule has 0 unspecified atom stereocenters. The zero-order valence-corrected chi connectivity index (χ0v) is 11.9. The van der Waals surface area contributed by atoms with E-state index >= 15 is 0 Å². The highest BCUT2D eigenvalue weighted by atomic mass is 16.3. The molecule has 0 spiro atoms. The number of carbonyl (C=O) groups excluding carboxylic acids is 1. The highest BCUT2D eigenvalue weighted by Crippen LogP contribution is 2.14. The second kappa shape index (κ2) is 7.74. The van der Waals surface area contributed by atoms with Gasteiger partial charge in [0.15, 0.2) is 0 Å². The van der Waals surface area contributed by atoms with Crippen LogP contribution in [0, 0.1) is 0 Å². The van der Waals surface area contributed by atoms with Crippen molar-refractivity contribution in [1.82, 2.24) is 10.2 Å². The molecule has 1 aliphatic rings. The van der Waals surface area contributed by atoms with Gasteiger partial charge in [-0.05, 0) is 25.7 Å². The number of hydrogen-bond donors (Lipinski definition) is 2. The monoisotopic (exact) mass is 256 g/mol. The van der Waals surface area contributed by atoms with E-state index in [-0.39, 0.29) is 18.1 Å². The Labute approximate surface area is 111 Å². The molecule has 4 heteroatoms. The summed E-state index contributed by atoms with van der Waals surface area (Å²) in [5, 5.41) is 12.7. The molecule has 1 aliphatic heterocycles. The third-order valence-corrected chi connectivity index (χ3v) is 4.23. The summed E-state index contributed by atoms with van der Waals surface area (Å²) in [5.74, 6) is 0.177. The minimum Gasteiger partial charge on any atom is -0.394 e. The average molecular weight is 256 g/mol. The second-order valence-electron chi connectivity index (χ2n) is 5.29. The number of carbonyl (C=O) groups is 1. The predicted molar refractivity (Wildman–Crippen MR) is 73.4 cm³/mol. The first-order valence-corrected chi connectivity index (χ1v) is 7.31. The molecule has 0 saturated carbocycles. The van der Waals surface area contributed by atoms with Gasteiger partial charge in [-0.1, -0.05) is 26.7 Å². The van der Waals surface area contributed by atoms with Crippen molar-refractivity contribution < 1.29 is 9.90 Å². The lowest BCUT2D eigenvalue weighted by atomic mass is 9.94. The van der Waals surface area contributed by atoms with Gasteiger partial charge >= 0.3 is 0 Å². The molecular formula is C14H28N2O2. The summed E-state index contributed by atoms with van der Waals surface area (Å²) in [5.41, 5.74) is -0.290. The molecular weight excluding hydrogens is 228 g/mol. The average Bonchev–Trinajstić information content (AvgIpc) is 2.69. The Balaban J connectivity index is 2.43. The molecule has 0 aromatic rings. The smallest absolute Gasteiger partial charge is 0.236 e. The Bertz CT molecular complexity index is 236. The normalized spacial score (nSPS) is 17.6. The van der Waals surface area contributed by atoms with Gasteiger partial charge in [0.2, 0.25) is 5.91 Å². The van der Waals surface area contributed by atoms with Gasteiger partial charge in [-0.15, -0.1) is 0 Å². The fraction of sp³-hybridized carbons (Fsp3) is 0.929. The summed E-state index contributed by atoms with van der Waals surface area (Å²) >= 11 is 0. The van der Waals surface area contributed by atoms with Crippen molar-refractivity contribution in [3.8, 4) is 0 Å². The van der Waals surface area contributed by atoms with Crippen LogP contribution < -0.4 is 5.32 Å². The van der Waals surface area contributed by atoms with Crippen LogP contribution in [0.4, 0.5) is 0 Å². The summed E-state index contributed by atoms with van der Waals surface area (Å²) in [6.45, 7) is 6.32. The molecule has 0 bridgehead atoms. The van der Waals surface area contributed by atoms with Crippen LogP contribution in [-0.4, -0.2) is 47.7 Å². The number of rotatable bonds is 6. The van der Waals surface area contributed by atoms with Crippen molar-refractivity contribution in [1.29, 1.82) is 0 Å². The molecule has 1 fully saturated rings. The Hall–Kier alpha value is -0.610. The Kier molecular flexibility index (Phi) is 6.65. The van der Waals surface area contributed by atoms with Gasteiger partial charge in [0.1, 0.15) is 0 Å². The molecule has 1 saturated heterocycles. The maximum absolute atomic E-state index is 12.1. The Morgan fingerprint density at radius 1 is 1.17 bits per heavy atom. The molecule has 0 radical (unpaired) electrons. The molecule has 0 aliphatic carbocycles. The lowest BCUT2D eigenvalue weighted by Crippen LogP contribution is -2.51. The van der Waals surface area contributed by atoms with Crippen LogP contribution in [0.5, 0.6) is 0 Å². The van der Waals surface area contributed by atoms with Crippen LogP contribution >= 0.6 is 0 Å². The largest absolute Gasteiger partial charge is 0.394 e. The number of hydrogen-bond acceptors (Lipinski definition) is 3. The van der Waals surface area contributed by atoms with E-state index < -0.39 is 0 Å². The number of aliphatic hydroxyl groups excluding tert-OH is 1. The first-order chi connectivity index (χ1) is 8.67. The summed E-state index contributed by atoms with van der Waals surface area (Å²) in [6.07, 6.45) is 6.40. The van der Waals surface area contributed by atoms with Gasteiger partial charge < -0.3 is 15.3 Å². The van der Waals surface area contributed by atoms with Gasteiger partial charge in [0.25, 0.3) is 0 Å². The third kappa shape index (κ3) is 4.25. The van der Waals surface area contributed by atoms with Gasteiger partial charge in [0.05, 0.1) is 13.2 Å². The predicted octanol–water partition coefficient (Wildman–Crippen LogP) is 1.53. The standard InChI is InChI=1S/C14H28N2O2/c1-3-14(4-2,12-17)15-11-13(18)16-9-7-5-6-8-10-16/h15,17H,3-12H2,1-2H3. The van der Waals surface area contributed by atoms with E-state index in [1.54, 1.807) is 0 Å². The van der Waals surface area contributed by atoms with Crippen molar-refractivity contribution in [3.05, 3.63) is 0 Å². The van der Waals surface area contributed by atoms with Gasteiger partial charge in [-0.25, -0.2) is 0 Å². The minimum absolute atomic E-state index is 0.0906. The molecule has 1 amide bonds. The van der Waals surface area contributed by atoms with E-state index in [0.29, 0.717) is 6.54 Å². The molecule has 0 atom stereocenters. The number of nitrogens with zero attached hydrogens (tertiary/aromatic N) is 1. The summed E-state index contributed by atoms with van der Waals surface area (Å²) in [4.78, 5) is 14.1. The fourth-order valence-corrected chi connectivity index (χ4v) is 2.47. The van der Waals surface area contributed by atoms with E-state index in [4.69, 9.17) is 0 Å². The summed E-state index contributed by atoms with van der Waals surface area (Å²) in [6, 6.07) is 0. The zero-order chi connectivity index (χ0) is 13.4. The minimum atomic E-state index is -0.290. The fourth-order valence-electron chi connectivity index (χ4n) is 2.47. The van der Waals surface area contributed by atoms with E-state index in [1.165, 1.54) is 12.8 Å². The van der Waals surface area contributed by atoms with Crippen LogP contribution in [0.25, 0.3) is 0 Å². The molecule has 4 nitrogen and oxygen atoms in total. The molecule has 0 aromatic heterocycles. The molecule has 18 heavy (non-hydrogen) atoms. The van der Waals surface area contributed by atoms with Gasteiger partial charge in [-0.3, -0.25) is 4.79 Å². The first kappa shape index (κ1) is 15.4. The highest BCUT2D eigenvalue weighted by molar-refractivity contribution is 5.78. The zero-order valence-electron chi connectivity index (χ0n) is 11.9. The quantitative estimate of drug-likeness (QED) is 0.758. The molecule has 1 heterocycles. The summed E-state index contributed by atoms with van der Waals surface area (Å²) in [7, 11) is 0. The summed E-state index contributed by atoms with van der Waals surface area (Å²) < 4.78 is 0. The number of amides is 1. The Morgan fingerprint density at radius 2 is 1.72 bits per heavy atom. The molecule has 106 valence electrons. The van der Waals surface area contributed by atoms with E-state index in [0.717, 1.165) is 38.8 Å². The maximum atomic E-state index is 12.1. The third-order valence-electron chi connectivity index (χ3n) is 4.23. The molecule has 1 rings (SSSR count). The van der Waals surface area contributed by atoms with Crippen LogP contribution in [0.15, 0.2) is 0 Å². The van der Waals surface area contributed by atoms with Gasteiger partial charge in [0, 0.05) is 18.6 Å². The van der Waals surface area contributed by atoms with Crippen molar-refractivity contribution in [2.45, 2.75) is 57.9 Å². The second-order valence-corrected chi connectivity index (χ2v) is 5.29. The van der Waals surface area contributed by atoms with E-state index in [9.17, 15) is 9.90 Å². The van der Waals surface area contributed by atoms with Crippen LogP contribution in [0.3, 0.4) is 0 Å². The van der Waals surface area contributed by atoms with E-state index in [1.807, 2.05) is 18.7 Å². The topological polar surface area (TPSA) is 52.6 Å². The number of likely N-dealkylation sites (tertiary alicyclic amines) is 1. The number of nitrogens with one attached hydrogen (secondary N) is 1. The van der Waals surface area contributed by atoms with E-state index in [2.05, 4.69) is 5.32 Å². The SMILES string of the molecule is CCC(CC)(CO)NCC(=O)N1CCCCCC1. The van der Waals surface area contributed by atoms with Crippen LogP contribution in [0.2, 0.25) is 0 Å². The van der Waals surface area contributed by atoms with Crippen molar-refractivity contribution in [2.24, 2.45) is 0 Å². The lowest BCUT2D eigenvalue weighted by Gasteiger charge is -2.32.